The van der Waals surface area contributed by atoms with Gasteiger partial charge in [-0.25, -0.2) is 4.79 Å². The molecular formula is C10H11NO4. The van der Waals surface area contributed by atoms with E-state index in [0.29, 0.717) is 12.1 Å². The molecule has 1 aromatic carbocycles. The molecule has 0 heterocycles. The molecular weight excluding hydrogens is 198 g/mol. The lowest BCUT2D eigenvalue weighted by Gasteiger charge is -2.02. The lowest BCUT2D eigenvalue weighted by Crippen LogP contribution is -2.07. The summed E-state index contributed by atoms with van der Waals surface area (Å²) in [7, 11) is 0. The predicted octanol–water partition coefficient (Wildman–Crippen LogP) is 1.79. The van der Waals surface area contributed by atoms with E-state index in [1.807, 2.05) is 0 Å². The lowest BCUT2D eigenvalue weighted by molar-refractivity contribution is -0.136. The Morgan fingerprint density at radius 1 is 1.13 bits per heavy atom. The highest BCUT2D eigenvalue weighted by Gasteiger charge is 2.00. The number of aliphatic carboxylic acids is 1. The molecule has 0 atom stereocenters. The van der Waals surface area contributed by atoms with Crippen molar-refractivity contribution in [2.24, 2.45) is 0 Å². The van der Waals surface area contributed by atoms with Crippen LogP contribution in [0.4, 0.5) is 10.5 Å². The van der Waals surface area contributed by atoms with E-state index >= 15 is 0 Å². The Bertz CT molecular complexity index is 358. The number of carbonyl (C=O) groups is 2. The van der Waals surface area contributed by atoms with Gasteiger partial charge in [-0.15, -0.1) is 0 Å². The van der Waals surface area contributed by atoms with Crippen LogP contribution < -0.4 is 5.32 Å². The molecule has 0 aliphatic carbocycles. The first-order valence-electron chi connectivity index (χ1n) is 4.38. The molecule has 0 radical (unpaired) electrons. The number of anilines is 1. The maximum atomic E-state index is 10.3. The molecule has 0 spiro atoms. The highest BCUT2D eigenvalue weighted by atomic mass is 16.4. The molecule has 0 saturated heterocycles. The normalized spacial score (nSPS) is 9.60. The third-order valence-corrected chi connectivity index (χ3v) is 1.83. The second-order valence-electron chi connectivity index (χ2n) is 3.02. The largest absolute Gasteiger partial charge is 0.481 e. The summed E-state index contributed by atoms with van der Waals surface area (Å²) in [4.78, 5) is 20.6. The van der Waals surface area contributed by atoms with Gasteiger partial charge >= 0.3 is 12.1 Å². The summed E-state index contributed by atoms with van der Waals surface area (Å²) in [5.74, 6) is -0.845. The van der Waals surface area contributed by atoms with Gasteiger partial charge in [0.2, 0.25) is 0 Å². The average molecular weight is 209 g/mol. The molecule has 0 saturated carbocycles. The first-order valence-corrected chi connectivity index (χ1v) is 4.38. The number of aryl methyl sites for hydroxylation is 1. The van der Waals surface area contributed by atoms with Gasteiger partial charge in [-0.2, -0.15) is 0 Å². The monoisotopic (exact) mass is 209 g/mol. The number of hydrogen-bond acceptors (Lipinski definition) is 2. The van der Waals surface area contributed by atoms with Gasteiger partial charge in [0.25, 0.3) is 0 Å². The predicted molar refractivity (Wildman–Crippen MR) is 54.0 cm³/mol. The van der Waals surface area contributed by atoms with E-state index in [1.54, 1.807) is 24.3 Å². The molecule has 0 aromatic heterocycles. The Morgan fingerprint density at radius 3 is 2.20 bits per heavy atom. The Kier molecular flexibility index (Phi) is 3.68. The van der Waals surface area contributed by atoms with E-state index in [2.05, 4.69) is 5.32 Å². The quantitative estimate of drug-likeness (QED) is 0.705. The standard InChI is InChI=1S/C10H11NO4/c12-9(13)6-3-7-1-4-8(5-2-7)11-10(14)15/h1-2,4-5,11H,3,6H2,(H,12,13)(H,14,15). The van der Waals surface area contributed by atoms with Gasteiger partial charge < -0.3 is 10.2 Å². The van der Waals surface area contributed by atoms with Gasteiger partial charge in [0.15, 0.2) is 0 Å². The van der Waals surface area contributed by atoms with Crippen molar-refractivity contribution in [1.29, 1.82) is 0 Å². The smallest absolute Gasteiger partial charge is 0.409 e. The minimum Gasteiger partial charge on any atom is -0.481 e. The van der Waals surface area contributed by atoms with Crippen LogP contribution in [0, 0.1) is 0 Å². The molecule has 1 aromatic rings. The van der Waals surface area contributed by atoms with Gasteiger partial charge in [0.05, 0.1) is 0 Å². The van der Waals surface area contributed by atoms with Crippen LogP contribution in [0.5, 0.6) is 0 Å². The number of carboxylic acids is 1. The molecule has 0 unspecified atom stereocenters. The fourth-order valence-corrected chi connectivity index (χ4v) is 1.13. The van der Waals surface area contributed by atoms with Crippen molar-refractivity contribution in [2.45, 2.75) is 12.8 Å². The molecule has 0 aliphatic rings. The van der Waals surface area contributed by atoms with Gasteiger partial charge in [-0.05, 0) is 24.1 Å². The van der Waals surface area contributed by atoms with Crippen molar-refractivity contribution in [3.8, 4) is 0 Å². The van der Waals surface area contributed by atoms with Crippen LogP contribution in [0.25, 0.3) is 0 Å². The first kappa shape index (κ1) is 11.0. The molecule has 3 N–H and O–H groups in total. The molecule has 0 fully saturated rings. The Morgan fingerprint density at radius 2 is 1.73 bits per heavy atom. The Labute approximate surface area is 86.4 Å². The zero-order valence-corrected chi connectivity index (χ0v) is 7.93. The molecule has 0 aliphatic heterocycles. The summed E-state index contributed by atoms with van der Waals surface area (Å²) in [5.41, 5.74) is 1.34. The number of amides is 1. The highest BCUT2D eigenvalue weighted by molar-refractivity contribution is 5.82. The van der Waals surface area contributed by atoms with Crippen molar-refractivity contribution in [3.63, 3.8) is 0 Å². The van der Waals surface area contributed by atoms with Crippen LogP contribution >= 0.6 is 0 Å². The summed E-state index contributed by atoms with van der Waals surface area (Å²) < 4.78 is 0. The molecule has 80 valence electrons. The van der Waals surface area contributed by atoms with E-state index in [1.165, 1.54) is 0 Å². The van der Waals surface area contributed by atoms with Crippen LogP contribution in [0.3, 0.4) is 0 Å². The summed E-state index contributed by atoms with van der Waals surface area (Å²) in [6, 6.07) is 6.61. The summed E-state index contributed by atoms with van der Waals surface area (Å²) in [6.45, 7) is 0. The van der Waals surface area contributed by atoms with Gasteiger partial charge in [-0.3, -0.25) is 10.1 Å². The van der Waals surface area contributed by atoms with Gasteiger partial charge in [0, 0.05) is 12.1 Å². The average Bonchev–Trinajstić information content (AvgIpc) is 2.16. The maximum Gasteiger partial charge on any atom is 0.409 e. The van der Waals surface area contributed by atoms with Crippen LogP contribution in [0.2, 0.25) is 0 Å². The summed E-state index contributed by atoms with van der Waals surface area (Å²) >= 11 is 0. The molecule has 5 nitrogen and oxygen atoms in total. The van der Waals surface area contributed by atoms with E-state index in [9.17, 15) is 9.59 Å². The Hall–Kier alpha value is -2.04. The van der Waals surface area contributed by atoms with Crippen molar-refractivity contribution in [1.82, 2.24) is 0 Å². The molecule has 15 heavy (non-hydrogen) atoms. The van der Waals surface area contributed by atoms with Crippen LogP contribution in [-0.2, 0) is 11.2 Å². The van der Waals surface area contributed by atoms with E-state index < -0.39 is 12.1 Å². The number of carboxylic acid groups (broad SMARTS) is 2. The summed E-state index contributed by atoms with van der Waals surface area (Å²) in [6.07, 6.45) is -0.595. The minimum absolute atomic E-state index is 0.0751. The number of rotatable bonds is 4. The zero-order valence-electron chi connectivity index (χ0n) is 7.93. The fraction of sp³-hybridized carbons (Fsp3) is 0.200. The minimum atomic E-state index is -1.12. The molecule has 1 rings (SSSR count). The third kappa shape index (κ3) is 4.12. The maximum absolute atomic E-state index is 10.3. The lowest BCUT2D eigenvalue weighted by atomic mass is 10.1. The Balaban J connectivity index is 2.56. The van der Waals surface area contributed by atoms with Crippen molar-refractivity contribution >= 4 is 17.7 Å². The van der Waals surface area contributed by atoms with Crippen LogP contribution in [-0.4, -0.2) is 22.3 Å². The topological polar surface area (TPSA) is 86.6 Å². The molecule has 0 bridgehead atoms. The van der Waals surface area contributed by atoms with Gasteiger partial charge in [0.1, 0.15) is 0 Å². The highest BCUT2D eigenvalue weighted by Crippen LogP contribution is 2.10. The van der Waals surface area contributed by atoms with Crippen molar-refractivity contribution in [2.75, 3.05) is 5.32 Å². The first-order chi connectivity index (χ1) is 7.08. The SMILES string of the molecule is O=C(O)CCc1ccc(NC(=O)O)cc1. The third-order valence-electron chi connectivity index (χ3n) is 1.83. The zero-order chi connectivity index (χ0) is 11.3. The molecule has 1 amide bonds. The molecule has 5 heteroatoms. The van der Waals surface area contributed by atoms with E-state index in [-0.39, 0.29) is 6.42 Å². The number of benzene rings is 1. The van der Waals surface area contributed by atoms with Crippen molar-refractivity contribution < 1.29 is 19.8 Å². The second kappa shape index (κ2) is 4.99. The summed E-state index contributed by atoms with van der Waals surface area (Å²) in [5, 5.41) is 19.1. The van der Waals surface area contributed by atoms with E-state index in [0.717, 1.165) is 5.56 Å². The van der Waals surface area contributed by atoms with Gasteiger partial charge in [-0.1, -0.05) is 12.1 Å². The van der Waals surface area contributed by atoms with Crippen LogP contribution in [0.1, 0.15) is 12.0 Å². The fourth-order valence-electron chi connectivity index (χ4n) is 1.13. The second-order valence-corrected chi connectivity index (χ2v) is 3.02. The number of hydrogen-bond donors (Lipinski definition) is 3. The van der Waals surface area contributed by atoms with E-state index in [4.69, 9.17) is 10.2 Å². The van der Waals surface area contributed by atoms with Crippen LogP contribution in [0.15, 0.2) is 24.3 Å². The number of nitrogens with one attached hydrogen (secondary N) is 1. The van der Waals surface area contributed by atoms with Crippen molar-refractivity contribution in [3.05, 3.63) is 29.8 Å².